The van der Waals surface area contributed by atoms with Gasteiger partial charge in [0.2, 0.25) is 0 Å². The van der Waals surface area contributed by atoms with Crippen LogP contribution in [0.2, 0.25) is 0 Å². The Morgan fingerprint density at radius 1 is 0.416 bits per heavy atom. The molecule has 2 atom stereocenters. The highest BCUT2D eigenvalue weighted by Crippen LogP contribution is 2.63. The standard InChI is InChI=1S/C73H56N2O2/c1-71(2)67-54-39-38-47(74(60-33-14-10-26-49(60)45-22-6-5-7-23-45)62-35-21-31-55-51-28-11-16-36-63(51)76-69(55)62)43-56(54)50-27-8-9-30-53(50)66(67)58-44-57-52-29-12-17-37-64(52)77-70(57)65(68(58)71)46-24-20-25-48(42-46)75-61-34-15-13-32-59(61)72(3)40-18-19-41-73(72,75)4/h5-17,20-39,42-44H,18-19,40-41H2,1-4H3. The highest BCUT2D eigenvalue weighted by molar-refractivity contribution is 6.23. The second kappa shape index (κ2) is 16.1. The van der Waals surface area contributed by atoms with Crippen LogP contribution < -0.4 is 9.80 Å². The monoisotopic (exact) mass is 992 g/mol. The number of furan rings is 2. The van der Waals surface area contributed by atoms with Crippen molar-refractivity contribution in [2.75, 3.05) is 9.80 Å². The van der Waals surface area contributed by atoms with E-state index in [9.17, 15) is 0 Å². The maximum atomic E-state index is 7.16. The quantitative estimate of drug-likeness (QED) is 0.155. The molecule has 1 fully saturated rings. The molecule has 0 N–H and O–H groups in total. The molecule has 370 valence electrons. The molecule has 16 rings (SSSR count). The summed E-state index contributed by atoms with van der Waals surface area (Å²) < 4.78 is 14.0. The van der Waals surface area contributed by atoms with Gasteiger partial charge in [0.1, 0.15) is 16.7 Å². The average molecular weight is 993 g/mol. The van der Waals surface area contributed by atoms with Crippen molar-refractivity contribution in [3.05, 3.63) is 235 Å². The minimum atomic E-state index is -0.444. The molecule has 1 saturated carbocycles. The number of hydrogen-bond donors (Lipinski definition) is 0. The predicted octanol–water partition coefficient (Wildman–Crippen LogP) is 20.6. The molecule has 0 amide bonds. The highest BCUT2D eigenvalue weighted by Gasteiger charge is 2.57. The van der Waals surface area contributed by atoms with Gasteiger partial charge in [-0.05, 0) is 141 Å². The van der Waals surface area contributed by atoms with Crippen molar-refractivity contribution in [3.8, 4) is 33.4 Å². The average Bonchev–Trinajstić information content (AvgIpc) is 3.75. The Labute approximate surface area is 448 Å². The van der Waals surface area contributed by atoms with E-state index in [4.69, 9.17) is 8.83 Å². The van der Waals surface area contributed by atoms with Gasteiger partial charge >= 0.3 is 0 Å². The van der Waals surface area contributed by atoms with Gasteiger partial charge in [0.05, 0.1) is 16.9 Å². The zero-order valence-corrected chi connectivity index (χ0v) is 43.8. The van der Waals surface area contributed by atoms with E-state index in [-0.39, 0.29) is 11.0 Å². The second-order valence-electron chi connectivity index (χ2n) is 23.0. The molecule has 0 spiro atoms. The summed E-state index contributed by atoms with van der Waals surface area (Å²) in [6, 6.07) is 80.5. The number of fused-ring (bicyclic) bond motifs is 17. The molecule has 3 aliphatic rings. The molecule has 4 nitrogen and oxygen atoms in total. The summed E-state index contributed by atoms with van der Waals surface area (Å²) in [6.07, 6.45) is 4.82. The van der Waals surface area contributed by atoms with Crippen LogP contribution in [0.3, 0.4) is 0 Å². The number of para-hydroxylation sites is 5. The Morgan fingerprint density at radius 3 is 1.88 bits per heavy atom. The summed E-state index contributed by atoms with van der Waals surface area (Å²) in [5.41, 5.74) is 20.2. The van der Waals surface area contributed by atoms with Crippen LogP contribution in [0.15, 0.2) is 227 Å². The summed E-state index contributed by atoms with van der Waals surface area (Å²) in [6.45, 7) is 9.96. The fraction of sp³-hybridized carbons (Fsp3) is 0.151. The SMILES string of the molecule is CC1(C)c2c(cc3c(oc4ccccc43)c2-c2cccc(N3c4ccccc4C4(C)CCCCC34C)c2)-c2c1c1ccc(N(c3ccccc3-c3ccccc3)c3cccc4c3oc3ccccc34)cc1c1ccccc21. The molecule has 13 aromatic rings. The number of benzene rings is 11. The van der Waals surface area contributed by atoms with E-state index >= 15 is 0 Å². The predicted molar refractivity (Wildman–Crippen MR) is 322 cm³/mol. The fourth-order valence-electron chi connectivity index (χ4n) is 15.1. The lowest BCUT2D eigenvalue weighted by Crippen LogP contribution is -2.54. The zero-order chi connectivity index (χ0) is 51.4. The van der Waals surface area contributed by atoms with Gasteiger partial charge in [0.25, 0.3) is 0 Å². The minimum Gasteiger partial charge on any atom is -0.455 e. The Hall–Kier alpha value is -8.86. The Morgan fingerprint density at radius 2 is 1.05 bits per heavy atom. The van der Waals surface area contributed by atoms with Gasteiger partial charge in [0.15, 0.2) is 5.58 Å². The fourth-order valence-corrected chi connectivity index (χ4v) is 15.1. The first-order chi connectivity index (χ1) is 37.7. The van der Waals surface area contributed by atoms with Crippen molar-refractivity contribution in [2.24, 2.45) is 0 Å². The molecule has 1 aliphatic heterocycles. The van der Waals surface area contributed by atoms with E-state index < -0.39 is 5.41 Å². The maximum Gasteiger partial charge on any atom is 0.159 e. The molecular weight excluding hydrogens is 937 g/mol. The van der Waals surface area contributed by atoms with Gasteiger partial charge in [-0.15, -0.1) is 0 Å². The van der Waals surface area contributed by atoms with Crippen LogP contribution in [0.5, 0.6) is 0 Å². The van der Waals surface area contributed by atoms with Gasteiger partial charge in [-0.2, -0.15) is 0 Å². The first-order valence-corrected chi connectivity index (χ1v) is 27.5. The third-order valence-corrected chi connectivity index (χ3v) is 18.7. The lowest BCUT2D eigenvalue weighted by Gasteiger charge is -2.50. The van der Waals surface area contributed by atoms with Crippen LogP contribution in [-0.2, 0) is 10.8 Å². The van der Waals surface area contributed by atoms with Crippen LogP contribution in [0.1, 0.15) is 70.1 Å². The highest BCUT2D eigenvalue weighted by atomic mass is 16.3. The molecule has 0 bridgehead atoms. The smallest absolute Gasteiger partial charge is 0.159 e. The van der Waals surface area contributed by atoms with Crippen LogP contribution in [0, 0.1) is 0 Å². The Bertz CT molecular complexity index is 4620. The number of hydrogen-bond acceptors (Lipinski definition) is 4. The van der Waals surface area contributed by atoms with E-state index in [0.717, 1.165) is 78.5 Å². The summed E-state index contributed by atoms with van der Waals surface area (Å²) >= 11 is 0. The Balaban J connectivity index is 0.947. The first kappa shape index (κ1) is 44.4. The van der Waals surface area contributed by atoms with Gasteiger partial charge in [-0.25, -0.2) is 0 Å². The molecule has 0 radical (unpaired) electrons. The summed E-state index contributed by atoms with van der Waals surface area (Å²) in [4.78, 5) is 5.13. The van der Waals surface area contributed by atoms with Crippen LogP contribution >= 0.6 is 0 Å². The van der Waals surface area contributed by atoms with Gasteiger partial charge < -0.3 is 18.6 Å². The van der Waals surface area contributed by atoms with Crippen LogP contribution in [0.4, 0.5) is 28.4 Å². The molecule has 4 heteroatoms. The van der Waals surface area contributed by atoms with Crippen molar-refractivity contribution in [1.82, 2.24) is 0 Å². The van der Waals surface area contributed by atoms with Crippen molar-refractivity contribution >= 4 is 93.9 Å². The normalized spacial score (nSPS) is 18.4. The van der Waals surface area contributed by atoms with Gasteiger partial charge in [0, 0.05) is 60.6 Å². The summed E-state index contributed by atoms with van der Waals surface area (Å²) in [5.74, 6) is 0. The molecule has 2 unspecified atom stereocenters. The van der Waals surface area contributed by atoms with Gasteiger partial charge in [-0.3, -0.25) is 0 Å². The van der Waals surface area contributed by atoms with E-state index in [1.54, 1.807) is 0 Å². The molecule has 11 aromatic carbocycles. The lowest BCUT2D eigenvalue weighted by molar-refractivity contribution is 0.195. The van der Waals surface area contributed by atoms with E-state index in [0.29, 0.717) is 0 Å². The van der Waals surface area contributed by atoms with E-state index in [1.165, 1.54) is 91.1 Å². The molecule has 0 saturated heterocycles. The zero-order valence-electron chi connectivity index (χ0n) is 43.8. The molecule has 3 heterocycles. The van der Waals surface area contributed by atoms with Crippen molar-refractivity contribution in [1.29, 1.82) is 0 Å². The molecule has 77 heavy (non-hydrogen) atoms. The number of nitrogens with zero attached hydrogens (tertiary/aromatic N) is 2. The van der Waals surface area contributed by atoms with Gasteiger partial charge in [-0.1, -0.05) is 191 Å². The molecular formula is C73H56N2O2. The Kier molecular flexibility index (Phi) is 9.28. The second-order valence-corrected chi connectivity index (χ2v) is 23.0. The van der Waals surface area contributed by atoms with Crippen molar-refractivity contribution in [3.63, 3.8) is 0 Å². The summed E-state index contributed by atoms with van der Waals surface area (Å²) in [7, 11) is 0. The van der Waals surface area contributed by atoms with Crippen molar-refractivity contribution in [2.45, 2.75) is 69.7 Å². The third-order valence-electron chi connectivity index (χ3n) is 18.7. The molecule has 2 aliphatic carbocycles. The van der Waals surface area contributed by atoms with Crippen LogP contribution in [0.25, 0.3) is 98.8 Å². The number of anilines is 5. The van der Waals surface area contributed by atoms with Crippen LogP contribution in [-0.4, -0.2) is 5.54 Å². The minimum absolute atomic E-state index is 0.0481. The summed E-state index contributed by atoms with van der Waals surface area (Å²) in [5, 5.41) is 9.42. The third kappa shape index (κ3) is 6.04. The topological polar surface area (TPSA) is 32.8 Å². The van der Waals surface area contributed by atoms with E-state index in [2.05, 4.69) is 256 Å². The largest absolute Gasteiger partial charge is 0.455 e. The maximum absolute atomic E-state index is 7.16. The van der Waals surface area contributed by atoms with Crippen molar-refractivity contribution < 1.29 is 8.83 Å². The van der Waals surface area contributed by atoms with E-state index in [1.807, 2.05) is 0 Å². The number of rotatable bonds is 6. The molecule has 2 aromatic heterocycles. The lowest BCUT2D eigenvalue weighted by atomic mass is 9.61. The first-order valence-electron chi connectivity index (χ1n) is 27.5.